The van der Waals surface area contributed by atoms with E-state index in [1.807, 2.05) is 12.1 Å². The average molecular weight is 151 g/mol. The van der Waals surface area contributed by atoms with Gasteiger partial charge in [-0.05, 0) is 12.1 Å². The van der Waals surface area contributed by atoms with Crippen molar-refractivity contribution in [2.24, 2.45) is 0 Å². The van der Waals surface area contributed by atoms with E-state index in [0.717, 1.165) is 0 Å². The van der Waals surface area contributed by atoms with E-state index in [-0.39, 0.29) is 0 Å². The van der Waals surface area contributed by atoms with Crippen molar-refractivity contribution in [1.29, 1.82) is 0 Å². The molecule has 1 N–H and O–H groups in total. The minimum absolute atomic E-state index is 0.378. The van der Waals surface area contributed by atoms with Crippen LogP contribution in [0.1, 0.15) is 0 Å². The molecule has 0 fully saturated rings. The second-order valence-corrected chi connectivity index (χ2v) is 5.13. The Morgan fingerprint density at radius 3 is 2.40 bits per heavy atom. The van der Waals surface area contributed by atoms with Crippen molar-refractivity contribution < 1.29 is 5.11 Å². The molecule has 53 valence electrons. The zero-order chi connectivity index (χ0) is 7.56. The van der Waals surface area contributed by atoms with Gasteiger partial charge in [-0.2, -0.15) is 0 Å². The summed E-state index contributed by atoms with van der Waals surface area (Å²) >= 11 is 0. The van der Waals surface area contributed by atoms with Crippen molar-refractivity contribution in [2.75, 3.05) is 0 Å². The Bertz CT molecular complexity index is 220. The van der Waals surface area contributed by atoms with E-state index in [1.165, 1.54) is 5.19 Å². The van der Waals surface area contributed by atoms with Gasteiger partial charge < -0.3 is 5.11 Å². The van der Waals surface area contributed by atoms with Gasteiger partial charge in [0.1, 0.15) is 5.75 Å². The fourth-order valence-corrected chi connectivity index (χ4v) is 1.68. The van der Waals surface area contributed by atoms with Crippen LogP contribution in [0, 0.1) is 0 Å². The molecule has 0 saturated heterocycles. The molecule has 0 unspecified atom stereocenters. The van der Waals surface area contributed by atoms with Gasteiger partial charge in [0.15, 0.2) is 0 Å². The molecule has 1 radical (unpaired) electrons. The third-order valence-corrected chi connectivity index (χ3v) is 2.89. The third kappa shape index (κ3) is 1.61. The fraction of sp³-hybridized carbons (Fsp3) is 0.250. The molecular weight excluding hydrogens is 140 g/mol. The number of rotatable bonds is 1. The molecule has 0 atom stereocenters. The van der Waals surface area contributed by atoms with Crippen LogP contribution in [0.25, 0.3) is 0 Å². The molecule has 0 spiro atoms. The predicted octanol–water partition coefficient (Wildman–Crippen LogP) is 1.35. The van der Waals surface area contributed by atoms with E-state index in [9.17, 15) is 0 Å². The molecule has 2 heteroatoms. The molecule has 0 aliphatic heterocycles. The smallest absolute Gasteiger partial charge is 0.115 e. The van der Waals surface area contributed by atoms with Gasteiger partial charge in [0.25, 0.3) is 0 Å². The molecule has 0 saturated carbocycles. The Morgan fingerprint density at radius 2 is 2.00 bits per heavy atom. The first-order chi connectivity index (χ1) is 4.70. The maximum atomic E-state index is 9.08. The van der Waals surface area contributed by atoms with Gasteiger partial charge >= 0.3 is 0 Å². The quantitative estimate of drug-likeness (QED) is 0.601. The van der Waals surface area contributed by atoms with E-state index < -0.39 is 8.80 Å². The fourth-order valence-electron chi connectivity index (χ4n) is 0.817. The number of phenolic OH excluding ortho intramolecular Hbond substituents is 1. The lowest BCUT2D eigenvalue weighted by atomic mass is 10.3. The molecule has 1 nitrogen and oxygen atoms in total. The largest absolute Gasteiger partial charge is 0.508 e. The highest BCUT2D eigenvalue weighted by Crippen LogP contribution is 2.03. The summed E-state index contributed by atoms with van der Waals surface area (Å²) in [7, 11) is -0.394. The van der Waals surface area contributed by atoms with Gasteiger partial charge in [0.2, 0.25) is 0 Å². The molecule has 10 heavy (non-hydrogen) atoms. The Kier molecular flexibility index (Phi) is 2.12. The molecule has 0 bridgehead atoms. The van der Waals surface area contributed by atoms with E-state index >= 15 is 0 Å². The lowest BCUT2D eigenvalue weighted by molar-refractivity contribution is 0.476. The minimum Gasteiger partial charge on any atom is -0.508 e. The number of hydrogen-bond donors (Lipinski definition) is 1. The highest BCUT2D eigenvalue weighted by Gasteiger charge is 1.99. The Hall–Kier alpha value is -0.763. The van der Waals surface area contributed by atoms with Crippen LogP contribution in [-0.2, 0) is 0 Å². The number of hydrogen-bond acceptors (Lipinski definition) is 1. The topological polar surface area (TPSA) is 20.2 Å². The van der Waals surface area contributed by atoms with E-state index in [2.05, 4.69) is 19.2 Å². The van der Waals surface area contributed by atoms with Crippen molar-refractivity contribution in [3.05, 3.63) is 24.3 Å². The van der Waals surface area contributed by atoms with Gasteiger partial charge in [-0.25, -0.2) is 0 Å². The third-order valence-electron chi connectivity index (χ3n) is 1.42. The summed E-state index contributed by atoms with van der Waals surface area (Å²) in [6, 6.07) is 7.50. The molecule has 1 aromatic carbocycles. The van der Waals surface area contributed by atoms with Crippen LogP contribution in [-0.4, -0.2) is 13.9 Å². The molecule has 0 amide bonds. The number of benzene rings is 1. The second-order valence-electron chi connectivity index (χ2n) is 2.55. The van der Waals surface area contributed by atoms with Gasteiger partial charge in [0, 0.05) is 0 Å². The van der Waals surface area contributed by atoms with Crippen LogP contribution < -0.4 is 5.19 Å². The van der Waals surface area contributed by atoms with Crippen LogP contribution >= 0.6 is 0 Å². The van der Waals surface area contributed by atoms with Crippen molar-refractivity contribution in [3.8, 4) is 5.75 Å². The lowest BCUT2D eigenvalue weighted by Crippen LogP contribution is -2.21. The molecule has 0 aromatic heterocycles. The summed E-state index contributed by atoms with van der Waals surface area (Å²) in [6.07, 6.45) is 0. The Labute approximate surface area is 62.9 Å². The number of phenols is 1. The van der Waals surface area contributed by atoms with Crippen molar-refractivity contribution in [3.63, 3.8) is 0 Å². The number of aromatic hydroxyl groups is 1. The van der Waals surface area contributed by atoms with Crippen molar-refractivity contribution in [2.45, 2.75) is 13.1 Å². The first-order valence-electron chi connectivity index (χ1n) is 3.29. The summed E-state index contributed by atoms with van der Waals surface area (Å²) in [5, 5.41) is 10.4. The van der Waals surface area contributed by atoms with Crippen LogP contribution in [0.4, 0.5) is 0 Å². The molecular formula is C8H11OSi. The first kappa shape index (κ1) is 7.35. The molecule has 1 aromatic rings. The maximum absolute atomic E-state index is 9.08. The SMILES string of the molecule is C[Si](C)c1cccc(O)c1. The highest BCUT2D eigenvalue weighted by atomic mass is 28.3. The summed E-state index contributed by atoms with van der Waals surface area (Å²) in [4.78, 5) is 0. The van der Waals surface area contributed by atoms with Crippen LogP contribution in [0.3, 0.4) is 0 Å². The summed E-state index contributed by atoms with van der Waals surface area (Å²) in [6.45, 7) is 4.42. The van der Waals surface area contributed by atoms with Crippen LogP contribution in [0.15, 0.2) is 24.3 Å². The van der Waals surface area contributed by atoms with Crippen LogP contribution in [0.5, 0.6) is 5.75 Å². The molecule has 1 rings (SSSR count). The minimum atomic E-state index is -0.394. The molecule has 0 aliphatic rings. The lowest BCUT2D eigenvalue weighted by Gasteiger charge is -2.01. The van der Waals surface area contributed by atoms with Gasteiger partial charge in [0.05, 0.1) is 8.80 Å². The van der Waals surface area contributed by atoms with Gasteiger partial charge in [-0.3, -0.25) is 0 Å². The Morgan fingerprint density at radius 1 is 1.30 bits per heavy atom. The van der Waals surface area contributed by atoms with Crippen LogP contribution in [0.2, 0.25) is 13.1 Å². The maximum Gasteiger partial charge on any atom is 0.115 e. The zero-order valence-electron chi connectivity index (χ0n) is 6.26. The monoisotopic (exact) mass is 151 g/mol. The summed E-state index contributed by atoms with van der Waals surface area (Å²) in [5.41, 5.74) is 0. The standard InChI is InChI=1S/C8H11OSi/c1-10(2)8-5-3-4-7(9)6-8/h3-6,9H,1-2H3. The molecule has 0 heterocycles. The average Bonchev–Trinajstić information content (AvgIpc) is 1.88. The normalized spacial score (nSPS) is 10.3. The van der Waals surface area contributed by atoms with E-state index in [0.29, 0.717) is 5.75 Å². The summed E-state index contributed by atoms with van der Waals surface area (Å²) < 4.78 is 0. The van der Waals surface area contributed by atoms with E-state index in [1.54, 1.807) is 6.07 Å². The Balaban J connectivity index is 2.96. The molecule has 0 aliphatic carbocycles. The first-order valence-corrected chi connectivity index (χ1v) is 5.79. The van der Waals surface area contributed by atoms with Gasteiger partial charge in [-0.1, -0.05) is 30.4 Å². The highest BCUT2D eigenvalue weighted by molar-refractivity contribution is 6.70. The van der Waals surface area contributed by atoms with Crippen molar-refractivity contribution in [1.82, 2.24) is 0 Å². The second kappa shape index (κ2) is 2.88. The van der Waals surface area contributed by atoms with E-state index in [4.69, 9.17) is 5.11 Å². The predicted molar refractivity (Wildman–Crippen MR) is 45.2 cm³/mol. The van der Waals surface area contributed by atoms with Crippen molar-refractivity contribution >= 4 is 14.0 Å². The van der Waals surface area contributed by atoms with Gasteiger partial charge in [-0.15, -0.1) is 0 Å². The zero-order valence-corrected chi connectivity index (χ0v) is 7.26. The summed E-state index contributed by atoms with van der Waals surface area (Å²) in [5.74, 6) is 0.378.